The van der Waals surface area contributed by atoms with E-state index in [1.165, 1.54) is 7.11 Å². The van der Waals surface area contributed by atoms with Crippen LogP contribution in [0, 0.1) is 0 Å². The molecule has 0 unspecified atom stereocenters. The average Bonchev–Trinajstić information content (AvgIpc) is 2.84. The van der Waals surface area contributed by atoms with Gasteiger partial charge in [0.15, 0.2) is 5.69 Å². The van der Waals surface area contributed by atoms with Gasteiger partial charge >= 0.3 is 5.97 Å². The zero-order chi connectivity index (χ0) is 14.0. The highest BCUT2D eigenvalue weighted by Crippen LogP contribution is 2.28. The number of methoxy groups -OCH3 is 1. The minimum Gasteiger partial charge on any atom is -0.464 e. The lowest BCUT2D eigenvalue weighted by Crippen LogP contribution is -2.05. The first-order valence-corrected chi connectivity index (χ1v) is 6.25. The third kappa shape index (κ3) is 2.79. The highest BCUT2D eigenvalue weighted by molar-refractivity contribution is 6.30. The maximum Gasteiger partial charge on any atom is 0.360 e. The van der Waals surface area contributed by atoms with Crippen molar-refractivity contribution in [2.24, 2.45) is 0 Å². The van der Waals surface area contributed by atoms with Crippen molar-refractivity contribution in [1.82, 2.24) is 4.98 Å². The Labute approximate surface area is 116 Å². The van der Waals surface area contributed by atoms with Crippen LogP contribution in [0.1, 0.15) is 36.0 Å². The Morgan fingerprint density at radius 2 is 1.95 bits per heavy atom. The minimum atomic E-state index is -0.493. The van der Waals surface area contributed by atoms with E-state index in [2.05, 4.69) is 4.98 Å². The van der Waals surface area contributed by atoms with Crippen LogP contribution in [0.2, 0.25) is 5.02 Å². The number of nitrogens with zero attached hydrogens (tertiary/aromatic N) is 1. The lowest BCUT2D eigenvalue weighted by molar-refractivity contribution is 0.0591. The molecule has 0 saturated heterocycles. The van der Waals surface area contributed by atoms with Crippen LogP contribution in [0.4, 0.5) is 0 Å². The monoisotopic (exact) mass is 279 g/mol. The average molecular weight is 280 g/mol. The van der Waals surface area contributed by atoms with E-state index in [9.17, 15) is 4.79 Å². The van der Waals surface area contributed by atoms with Crippen LogP contribution in [0.3, 0.4) is 0 Å². The Morgan fingerprint density at radius 3 is 2.47 bits per heavy atom. The van der Waals surface area contributed by atoms with Crippen molar-refractivity contribution < 1.29 is 13.9 Å². The molecule has 0 aliphatic rings. The SMILES string of the molecule is COC(=O)c1nc(-c2ccc(Cl)cc2)oc1C(C)C. The van der Waals surface area contributed by atoms with E-state index in [1.54, 1.807) is 24.3 Å². The first kappa shape index (κ1) is 13.6. The molecule has 2 aromatic rings. The van der Waals surface area contributed by atoms with Gasteiger partial charge in [-0.15, -0.1) is 0 Å². The van der Waals surface area contributed by atoms with Gasteiger partial charge in [-0.1, -0.05) is 25.4 Å². The number of hydrogen-bond donors (Lipinski definition) is 0. The zero-order valence-corrected chi connectivity index (χ0v) is 11.7. The third-order valence-electron chi connectivity index (χ3n) is 2.65. The molecule has 4 nitrogen and oxygen atoms in total. The summed E-state index contributed by atoms with van der Waals surface area (Å²) in [5.74, 6) is 0.466. The van der Waals surface area contributed by atoms with Crippen molar-refractivity contribution in [2.45, 2.75) is 19.8 Å². The van der Waals surface area contributed by atoms with Gasteiger partial charge in [0.1, 0.15) is 5.76 Å². The van der Waals surface area contributed by atoms with Crippen LogP contribution in [0.25, 0.3) is 11.5 Å². The molecule has 1 heterocycles. The summed E-state index contributed by atoms with van der Waals surface area (Å²) in [5, 5.41) is 0.632. The van der Waals surface area contributed by atoms with Gasteiger partial charge in [0.05, 0.1) is 7.11 Å². The number of rotatable bonds is 3. The number of hydrogen-bond acceptors (Lipinski definition) is 4. The number of aromatic nitrogens is 1. The second kappa shape index (κ2) is 5.45. The highest BCUT2D eigenvalue weighted by Gasteiger charge is 2.23. The molecule has 0 bridgehead atoms. The van der Waals surface area contributed by atoms with Crippen LogP contribution in [0.5, 0.6) is 0 Å². The molecule has 0 aliphatic carbocycles. The maximum atomic E-state index is 11.7. The Bertz CT molecular complexity index is 587. The number of benzene rings is 1. The van der Waals surface area contributed by atoms with E-state index in [-0.39, 0.29) is 11.6 Å². The standard InChI is InChI=1S/C14H14ClNO3/c1-8(2)12-11(14(17)18-3)16-13(19-12)9-4-6-10(15)7-5-9/h4-8H,1-3H3. The fourth-order valence-electron chi connectivity index (χ4n) is 1.68. The summed E-state index contributed by atoms with van der Waals surface area (Å²) in [6, 6.07) is 7.07. The van der Waals surface area contributed by atoms with E-state index in [0.717, 1.165) is 5.56 Å². The summed E-state index contributed by atoms with van der Waals surface area (Å²) in [5.41, 5.74) is 0.990. The topological polar surface area (TPSA) is 52.3 Å². The molecular weight excluding hydrogens is 266 g/mol. The van der Waals surface area contributed by atoms with Gasteiger partial charge in [-0.05, 0) is 24.3 Å². The van der Waals surface area contributed by atoms with Gasteiger partial charge in [-0.3, -0.25) is 0 Å². The summed E-state index contributed by atoms with van der Waals surface area (Å²) in [7, 11) is 1.32. The van der Waals surface area contributed by atoms with Crippen molar-refractivity contribution in [1.29, 1.82) is 0 Å². The summed E-state index contributed by atoms with van der Waals surface area (Å²) in [4.78, 5) is 15.9. The molecule has 1 aromatic carbocycles. The molecule has 0 fully saturated rings. The van der Waals surface area contributed by atoms with Gasteiger partial charge in [0.2, 0.25) is 5.89 Å². The smallest absolute Gasteiger partial charge is 0.360 e. The Hall–Kier alpha value is -1.81. The summed E-state index contributed by atoms with van der Waals surface area (Å²) in [6.07, 6.45) is 0. The van der Waals surface area contributed by atoms with Crippen molar-refractivity contribution in [3.8, 4) is 11.5 Å². The normalized spacial score (nSPS) is 10.8. The zero-order valence-electron chi connectivity index (χ0n) is 10.9. The molecule has 0 spiro atoms. The van der Waals surface area contributed by atoms with E-state index >= 15 is 0 Å². The molecule has 0 saturated carbocycles. The fraction of sp³-hybridized carbons (Fsp3) is 0.286. The van der Waals surface area contributed by atoms with Crippen LogP contribution < -0.4 is 0 Å². The van der Waals surface area contributed by atoms with E-state index < -0.39 is 5.97 Å². The number of halogens is 1. The predicted molar refractivity (Wildman–Crippen MR) is 72.4 cm³/mol. The van der Waals surface area contributed by atoms with Gasteiger partial charge < -0.3 is 9.15 Å². The van der Waals surface area contributed by atoms with Crippen molar-refractivity contribution in [3.05, 3.63) is 40.7 Å². The first-order valence-electron chi connectivity index (χ1n) is 5.88. The number of oxazole rings is 1. The lowest BCUT2D eigenvalue weighted by Gasteiger charge is -2.01. The van der Waals surface area contributed by atoms with Crippen LogP contribution >= 0.6 is 11.6 Å². The molecule has 0 amide bonds. The molecule has 100 valence electrons. The molecule has 1 aromatic heterocycles. The molecule has 0 radical (unpaired) electrons. The highest BCUT2D eigenvalue weighted by atomic mass is 35.5. The van der Waals surface area contributed by atoms with Gasteiger partial charge in [-0.25, -0.2) is 9.78 Å². The maximum absolute atomic E-state index is 11.7. The van der Waals surface area contributed by atoms with Crippen LogP contribution in [0.15, 0.2) is 28.7 Å². The van der Waals surface area contributed by atoms with E-state index in [0.29, 0.717) is 16.7 Å². The number of carbonyl (C=O) groups is 1. The third-order valence-corrected chi connectivity index (χ3v) is 2.90. The molecular formula is C14H14ClNO3. The van der Waals surface area contributed by atoms with Gasteiger partial charge in [0.25, 0.3) is 0 Å². The molecule has 0 N–H and O–H groups in total. The van der Waals surface area contributed by atoms with Gasteiger partial charge in [0, 0.05) is 16.5 Å². The lowest BCUT2D eigenvalue weighted by atomic mass is 10.1. The molecule has 2 rings (SSSR count). The Morgan fingerprint density at radius 1 is 1.32 bits per heavy atom. The Balaban J connectivity index is 2.48. The van der Waals surface area contributed by atoms with Crippen LogP contribution in [-0.4, -0.2) is 18.1 Å². The fourth-order valence-corrected chi connectivity index (χ4v) is 1.81. The summed E-state index contributed by atoms with van der Waals surface area (Å²) >= 11 is 5.83. The number of ether oxygens (including phenoxy) is 1. The Kier molecular flexibility index (Phi) is 3.90. The second-order valence-corrected chi connectivity index (χ2v) is 4.82. The van der Waals surface area contributed by atoms with Crippen molar-refractivity contribution in [3.63, 3.8) is 0 Å². The molecule has 0 aliphatic heterocycles. The quantitative estimate of drug-likeness (QED) is 0.800. The van der Waals surface area contributed by atoms with E-state index in [1.807, 2.05) is 13.8 Å². The first-order chi connectivity index (χ1) is 9.02. The van der Waals surface area contributed by atoms with Crippen molar-refractivity contribution >= 4 is 17.6 Å². The summed E-state index contributed by atoms with van der Waals surface area (Å²) in [6.45, 7) is 3.86. The van der Waals surface area contributed by atoms with Crippen LogP contribution in [-0.2, 0) is 4.74 Å². The summed E-state index contributed by atoms with van der Waals surface area (Å²) < 4.78 is 10.4. The van der Waals surface area contributed by atoms with Gasteiger partial charge in [-0.2, -0.15) is 0 Å². The van der Waals surface area contributed by atoms with E-state index in [4.69, 9.17) is 20.8 Å². The minimum absolute atomic E-state index is 0.0441. The molecule has 0 atom stereocenters. The van der Waals surface area contributed by atoms with Crippen molar-refractivity contribution in [2.75, 3.05) is 7.11 Å². The molecule has 5 heteroatoms. The number of esters is 1. The second-order valence-electron chi connectivity index (χ2n) is 4.39. The largest absolute Gasteiger partial charge is 0.464 e. The molecule has 19 heavy (non-hydrogen) atoms. The number of carbonyl (C=O) groups excluding carboxylic acids is 1. The predicted octanol–water partition coefficient (Wildman–Crippen LogP) is 3.91.